The average molecular weight is 358 g/mol. The largest absolute Gasteiger partial charge is 0.393 e. The molecule has 0 radical (unpaired) electrons. The van der Waals surface area contributed by atoms with Gasteiger partial charge in [-0.3, -0.25) is 4.79 Å². The third-order valence-corrected chi connectivity index (χ3v) is 9.20. The van der Waals surface area contributed by atoms with E-state index in [-0.39, 0.29) is 17.3 Å². The third-order valence-electron chi connectivity index (χ3n) is 9.20. The highest BCUT2D eigenvalue weighted by Crippen LogP contribution is 2.67. The molecule has 0 amide bonds. The van der Waals surface area contributed by atoms with Crippen LogP contribution in [0.25, 0.3) is 0 Å². The van der Waals surface area contributed by atoms with Gasteiger partial charge in [-0.25, -0.2) is 0 Å². The maximum absolute atomic E-state index is 12.7. The molecule has 3 N–H and O–H groups in total. The van der Waals surface area contributed by atoms with Crippen molar-refractivity contribution in [1.82, 2.24) is 0 Å². The zero-order valence-corrected chi connectivity index (χ0v) is 16.1. The Balaban J connectivity index is 1.77. The second kappa shape index (κ2) is 5.59. The summed E-state index contributed by atoms with van der Waals surface area (Å²) < 4.78 is 0. The van der Waals surface area contributed by atoms with Crippen molar-refractivity contribution in [1.29, 1.82) is 0 Å². The van der Waals surface area contributed by atoms with Gasteiger partial charge >= 0.3 is 0 Å². The van der Waals surface area contributed by atoms with Gasteiger partial charge in [0.25, 0.3) is 0 Å². The SMILES string of the molecule is B[C@H]1CC[C@]2(C)C3CC[C@@]4(C)C(C3[C@@H](O)C[C@@H]2C1)[C@H](O)C(=O)[C@@]4(O)C#C. The van der Waals surface area contributed by atoms with Gasteiger partial charge in [0.1, 0.15) is 14.0 Å². The minimum atomic E-state index is -1.93. The molecule has 142 valence electrons. The van der Waals surface area contributed by atoms with Gasteiger partial charge in [-0.1, -0.05) is 38.4 Å². The molecule has 3 unspecified atom stereocenters. The molecular formula is C21H31BO4. The Bertz CT molecular complexity index is 673. The summed E-state index contributed by atoms with van der Waals surface area (Å²) in [5.74, 6) is 2.46. The van der Waals surface area contributed by atoms with Gasteiger partial charge in [-0.05, 0) is 48.9 Å². The molecule has 4 aliphatic carbocycles. The van der Waals surface area contributed by atoms with Gasteiger partial charge in [-0.2, -0.15) is 0 Å². The van der Waals surface area contributed by atoms with Crippen LogP contribution < -0.4 is 0 Å². The second-order valence-corrected chi connectivity index (χ2v) is 10.2. The number of fused-ring (bicyclic) bond motifs is 5. The Morgan fingerprint density at radius 3 is 2.54 bits per heavy atom. The lowest BCUT2D eigenvalue weighted by molar-refractivity contribution is -0.185. The van der Waals surface area contributed by atoms with Crippen molar-refractivity contribution in [2.45, 2.75) is 76.0 Å². The first-order valence-electron chi connectivity index (χ1n) is 10.2. The minimum Gasteiger partial charge on any atom is -0.393 e. The highest BCUT2D eigenvalue weighted by Gasteiger charge is 2.72. The number of aliphatic hydroxyl groups is 3. The summed E-state index contributed by atoms with van der Waals surface area (Å²) in [6, 6.07) is 0. The van der Waals surface area contributed by atoms with Crippen LogP contribution in [0.1, 0.15) is 52.4 Å². The van der Waals surface area contributed by atoms with Crippen molar-refractivity contribution < 1.29 is 20.1 Å². The van der Waals surface area contributed by atoms with E-state index in [2.05, 4.69) is 20.7 Å². The first-order chi connectivity index (χ1) is 12.1. The topological polar surface area (TPSA) is 77.8 Å². The van der Waals surface area contributed by atoms with Crippen LogP contribution in [0.15, 0.2) is 0 Å². The summed E-state index contributed by atoms with van der Waals surface area (Å²) >= 11 is 0. The fraction of sp³-hybridized carbons (Fsp3) is 0.857. The Morgan fingerprint density at radius 2 is 1.88 bits per heavy atom. The summed E-state index contributed by atoms with van der Waals surface area (Å²) in [5.41, 5.74) is -2.66. The molecule has 0 saturated heterocycles. The molecule has 0 aliphatic heterocycles. The van der Waals surface area contributed by atoms with Crippen LogP contribution >= 0.6 is 0 Å². The molecule has 5 heteroatoms. The Hall–Kier alpha value is -0.825. The Labute approximate surface area is 157 Å². The van der Waals surface area contributed by atoms with Crippen LogP contribution in [-0.2, 0) is 4.79 Å². The highest BCUT2D eigenvalue weighted by molar-refractivity contribution is 6.11. The molecule has 0 heterocycles. The van der Waals surface area contributed by atoms with Crippen LogP contribution in [0.3, 0.4) is 0 Å². The van der Waals surface area contributed by atoms with E-state index < -0.39 is 34.9 Å². The number of carbonyl (C=O) groups excluding carboxylic acids is 1. The molecule has 26 heavy (non-hydrogen) atoms. The van der Waals surface area contributed by atoms with Gasteiger partial charge in [-0.15, -0.1) is 6.42 Å². The molecule has 10 atom stereocenters. The van der Waals surface area contributed by atoms with Crippen molar-refractivity contribution in [2.75, 3.05) is 0 Å². The lowest BCUT2D eigenvalue weighted by Crippen LogP contribution is -2.61. The quantitative estimate of drug-likeness (QED) is 0.445. The second-order valence-electron chi connectivity index (χ2n) is 10.2. The lowest BCUT2D eigenvalue weighted by atomic mass is 9.42. The number of terminal acetylenes is 1. The molecular weight excluding hydrogens is 327 g/mol. The standard InChI is InChI=1S/C21H31BO4/c1-4-21(26)18(25)17(24)16-15-13(6-8-20(16,21)3)19(2)7-5-12(22)9-11(19)10-14(15)23/h1,11-17,23-24,26H,5-10,22H2,2-3H3/t11-,12-,13?,14-,15?,16?,17-,19-,20-,21-/m0/s1. The smallest absolute Gasteiger partial charge is 0.206 e. The van der Waals surface area contributed by atoms with Gasteiger partial charge in [0.2, 0.25) is 5.78 Å². The maximum atomic E-state index is 12.7. The molecule has 4 nitrogen and oxygen atoms in total. The molecule has 4 rings (SSSR count). The van der Waals surface area contributed by atoms with Crippen LogP contribution in [0.2, 0.25) is 5.82 Å². The van der Waals surface area contributed by atoms with E-state index in [0.29, 0.717) is 18.2 Å². The van der Waals surface area contributed by atoms with E-state index in [1.54, 1.807) is 0 Å². The number of Topliss-reactive ketones (excluding diaryl/α,β-unsaturated/α-hetero) is 1. The summed E-state index contributed by atoms with van der Waals surface area (Å²) in [7, 11) is 2.29. The molecule has 0 bridgehead atoms. The summed E-state index contributed by atoms with van der Waals surface area (Å²) in [4.78, 5) is 12.7. The van der Waals surface area contributed by atoms with Crippen LogP contribution in [-0.4, -0.2) is 46.8 Å². The van der Waals surface area contributed by atoms with E-state index in [1.165, 1.54) is 6.42 Å². The average Bonchev–Trinajstić information content (AvgIpc) is 2.75. The number of ketones is 1. The predicted molar refractivity (Wildman–Crippen MR) is 101 cm³/mol. The van der Waals surface area contributed by atoms with E-state index >= 15 is 0 Å². The molecule has 0 spiro atoms. The van der Waals surface area contributed by atoms with Crippen LogP contribution in [0.4, 0.5) is 0 Å². The first kappa shape index (κ1) is 18.5. The number of aliphatic hydroxyl groups excluding tert-OH is 2. The van der Waals surface area contributed by atoms with Gasteiger partial charge in [0.15, 0.2) is 5.60 Å². The van der Waals surface area contributed by atoms with E-state index in [0.717, 1.165) is 25.7 Å². The molecule has 0 aromatic rings. The van der Waals surface area contributed by atoms with Gasteiger partial charge in [0, 0.05) is 11.3 Å². The third kappa shape index (κ3) is 2.02. The van der Waals surface area contributed by atoms with Crippen molar-refractivity contribution in [3.63, 3.8) is 0 Å². The lowest BCUT2D eigenvalue weighted by Gasteiger charge is -2.62. The number of carbonyl (C=O) groups is 1. The number of hydrogen-bond donors (Lipinski definition) is 3. The van der Waals surface area contributed by atoms with Crippen LogP contribution in [0.5, 0.6) is 0 Å². The first-order valence-corrected chi connectivity index (χ1v) is 10.2. The number of rotatable bonds is 0. The molecule has 0 aromatic heterocycles. The summed E-state index contributed by atoms with van der Waals surface area (Å²) in [6.45, 7) is 4.19. The van der Waals surface area contributed by atoms with Crippen molar-refractivity contribution >= 4 is 13.6 Å². The fourth-order valence-electron chi connectivity index (χ4n) is 7.58. The van der Waals surface area contributed by atoms with Crippen molar-refractivity contribution in [3.05, 3.63) is 0 Å². The van der Waals surface area contributed by atoms with Gasteiger partial charge in [0.05, 0.1) is 6.10 Å². The minimum absolute atomic E-state index is 0.136. The fourth-order valence-corrected chi connectivity index (χ4v) is 7.58. The zero-order chi connectivity index (χ0) is 19.1. The number of hydrogen-bond acceptors (Lipinski definition) is 4. The summed E-state index contributed by atoms with van der Waals surface area (Å²) in [6.07, 6.45) is 9.41. The molecule has 4 fully saturated rings. The monoisotopic (exact) mass is 358 g/mol. The normalized spacial score (nSPS) is 59.1. The molecule has 0 aromatic carbocycles. The van der Waals surface area contributed by atoms with Crippen molar-refractivity contribution in [3.8, 4) is 12.3 Å². The van der Waals surface area contributed by atoms with E-state index in [1.807, 2.05) is 6.92 Å². The van der Waals surface area contributed by atoms with Crippen molar-refractivity contribution in [2.24, 2.45) is 34.5 Å². The Morgan fingerprint density at radius 1 is 1.19 bits per heavy atom. The molecule has 4 aliphatic rings. The maximum Gasteiger partial charge on any atom is 0.206 e. The van der Waals surface area contributed by atoms with Crippen LogP contribution in [0, 0.1) is 46.8 Å². The summed E-state index contributed by atoms with van der Waals surface area (Å²) in [5, 5.41) is 32.9. The predicted octanol–water partition coefficient (Wildman–Crippen LogP) is 0.936. The Kier molecular flexibility index (Phi) is 3.99. The zero-order valence-electron chi connectivity index (χ0n) is 16.1. The highest BCUT2D eigenvalue weighted by atomic mass is 16.3. The molecule has 4 saturated carbocycles. The van der Waals surface area contributed by atoms with Gasteiger partial charge < -0.3 is 15.3 Å². The van der Waals surface area contributed by atoms with E-state index in [9.17, 15) is 20.1 Å². The van der Waals surface area contributed by atoms with E-state index in [4.69, 9.17) is 6.42 Å².